The molecule has 9 nitrogen and oxygen atoms in total. The van der Waals surface area contributed by atoms with Gasteiger partial charge in [-0.1, -0.05) is 12.1 Å². The standard InChI is InChI=1S/C10H10N2O4.CH2O2.H3N/c13-10-11-8(6-16-10)5-7-1-3-9(4-2-7)12(14)15;2-1-3;/h1-4,8H,5-6H2,(H,11,13);1H,(H,2,3);1H3/t8-;;/m0../s1. The third-order valence-corrected chi connectivity index (χ3v) is 2.37. The van der Waals surface area contributed by atoms with E-state index >= 15 is 0 Å². The Labute approximate surface area is 114 Å². The topological polar surface area (TPSA) is 154 Å². The number of cyclic esters (lactones) is 1. The van der Waals surface area contributed by atoms with Gasteiger partial charge in [-0.2, -0.15) is 0 Å². The minimum Gasteiger partial charge on any atom is -0.483 e. The van der Waals surface area contributed by atoms with Crippen molar-refractivity contribution in [2.75, 3.05) is 6.61 Å². The van der Waals surface area contributed by atoms with Gasteiger partial charge in [0.2, 0.25) is 0 Å². The maximum atomic E-state index is 10.8. The number of rotatable bonds is 3. The molecular weight excluding hydrogens is 270 g/mol. The minimum atomic E-state index is -0.440. The first-order chi connectivity index (χ1) is 9.06. The zero-order valence-corrected chi connectivity index (χ0v) is 10.5. The van der Waals surface area contributed by atoms with Crippen LogP contribution < -0.4 is 11.5 Å². The molecule has 0 spiro atoms. The predicted octanol–water partition coefficient (Wildman–Crippen LogP) is 1.11. The highest BCUT2D eigenvalue weighted by atomic mass is 16.6. The average molecular weight is 285 g/mol. The number of nitrogens with one attached hydrogen (secondary N) is 1. The molecule has 1 atom stereocenters. The van der Waals surface area contributed by atoms with E-state index in [0.29, 0.717) is 13.0 Å². The van der Waals surface area contributed by atoms with Crippen molar-refractivity contribution in [2.45, 2.75) is 12.5 Å². The van der Waals surface area contributed by atoms with Gasteiger partial charge in [-0.15, -0.1) is 0 Å². The van der Waals surface area contributed by atoms with Crippen molar-refractivity contribution in [3.05, 3.63) is 39.9 Å². The van der Waals surface area contributed by atoms with E-state index in [-0.39, 0.29) is 24.4 Å². The summed E-state index contributed by atoms with van der Waals surface area (Å²) in [5.74, 6) is 0. The van der Waals surface area contributed by atoms with Crippen molar-refractivity contribution >= 4 is 18.3 Å². The van der Waals surface area contributed by atoms with Gasteiger partial charge in [0, 0.05) is 12.1 Å². The number of nitro groups is 1. The molecule has 1 fully saturated rings. The molecule has 0 radical (unpaired) electrons. The smallest absolute Gasteiger partial charge is 0.407 e. The SMILES string of the molecule is N.O=C1N[C@@H](Cc2ccc([N+](=O)[O-])cc2)CO1.O=CO. The molecule has 1 aromatic rings. The van der Waals surface area contributed by atoms with Crippen molar-refractivity contribution in [3.8, 4) is 0 Å². The van der Waals surface area contributed by atoms with Crippen LogP contribution in [0.25, 0.3) is 0 Å². The van der Waals surface area contributed by atoms with E-state index in [2.05, 4.69) is 5.32 Å². The minimum absolute atomic E-state index is 0. The number of hydrogen-bond donors (Lipinski definition) is 3. The number of amides is 1. The first-order valence-corrected chi connectivity index (χ1v) is 5.31. The summed E-state index contributed by atoms with van der Waals surface area (Å²) in [7, 11) is 0. The second kappa shape index (κ2) is 8.43. The van der Waals surface area contributed by atoms with Crippen LogP contribution in [-0.2, 0) is 16.0 Å². The van der Waals surface area contributed by atoms with Crippen LogP contribution in [0, 0.1) is 10.1 Å². The Morgan fingerprint density at radius 2 is 2.00 bits per heavy atom. The second-order valence-electron chi connectivity index (χ2n) is 3.67. The lowest BCUT2D eigenvalue weighted by molar-refractivity contribution is -0.384. The summed E-state index contributed by atoms with van der Waals surface area (Å²) in [5.41, 5.74) is 0.997. The number of nitrogens with zero attached hydrogens (tertiary/aromatic N) is 1. The van der Waals surface area contributed by atoms with E-state index in [0.717, 1.165) is 5.56 Å². The number of hydrogen-bond acceptors (Lipinski definition) is 6. The van der Waals surface area contributed by atoms with Crippen LogP contribution in [0.2, 0.25) is 0 Å². The maximum absolute atomic E-state index is 10.8. The Kier molecular flexibility index (Phi) is 7.30. The van der Waals surface area contributed by atoms with E-state index in [1.165, 1.54) is 12.1 Å². The Morgan fingerprint density at radius 3 is 2.40 bits per heavy atom. The number of benzene rings is 1. The number of carbonyl (C=O) groups is 2. The molecule has 9 heteroatoms. The molecular formula is C11H15N3O6. The molecule has 0 saturated carbocycles. The third kappa shape index (κ3) is 5.31. The molecule has 1 saturated heterocycles. The molecule has 2 rings (SSSR count). The molecule has 0 bridgehead atoms. The Hall–Kier alpha value is -2.68. The van der Waals surface area contributed by atoms with E-state index < -0.39 is 11.0 Å². The number of alkyl carbamates (subject to hydrolysis) is 1. The number of carboxylic acid groups (broad SMARTS) is 1. The van der Waals surface area contributed by atoms with Crippen LogP contribution in [0.5, 0.6) is 0 Å². The van der Waals surface area contributed by atoms with Crippen molar-refractivity contribution in [2.24, 2.45) is 0 Å². The van der Waals surface area contributed by atoms with E-state index in [9.17, 15) is 14.9 Å². The Balaban J connectivity index is 0.000000830. The summed E-state index contributed by atoms with van der Waals surface area (Å²) >= 11 is 0. The molecule has 1 aromatic carbocycles. The average Bonchev–Trinajstić information content (AvgIpc) is 2.76. The highest BCUT2D eigenvalue weighted by Gasteiger charge is 2.22. The van der Waals surface area contributed by atoms with Gasteiger partial charge in [0.25, 0.3) is 12.2 Å². The molecule has 0 aromatic heterocycles. The Morgan fingerprint density at radius 1 is 1.45 bits per heavy atom. The van der Waals surface area contributed by atoms with Crippen molar-refractivity contribution < 1.29 is 24.4 Å². The molecule has 20 heavy (non-hydrogen) atoms. The fraction of sp³-hybridized carbons (Fsp3) is 0.273. The highest BCUT2D eigenvalue weighted by molar-refractivity contribution is 5.69. The van der Waals surface area contributed by atoms with E-state index in [1.807, 2.05) is 0 Å². The maximum Gasteiger partial charge on any atom is 0.407 e. The highest BCUT2D eigenvalue weighted by Crippen LogP contribution is 2.14. The van der Waals surface area contributed by atoms with Gasteiger partial charge >= 0.3 is 6.09 Å². The van der Waals surface area contributed by atoms with Crippen LogP contribution >= 0.6 is 0 Å². The van der Waals surface area contributed by atoms with Gasteiger partial charge in [-0.05, 0) is 12.0 Å². The lowest BCUT2D eigenvalue weighted by atomic mass is 10.1. The van der Waals surface area contributed by atoms with Crippen molar-refractivity contribution in [1.29, 1.82) is 0 Å². The van der Waals surface area contributed by atoms with E-state index in [4.69, 9.17) is 14.6 Å². The van der Waals surface area contributed by atoms with E-state index in [1.54, 1.807) is 12.1 Å². The largest absolute Gasteiger partial charge is 0.483 e. The number of carbonyl (C=O) groups excluding carboxylic acids is 1. The summed E-state index contributed by atoms with van der Waals surface area (Å²) in [4.78, 5) is 29.1. The molecule has 1 amide bonds. The first kappa shape index (κ1) is 17.3. The fourth-order valence-electron chi connectivity index (χ4n) is 1.57. The summed E-state index contributed by atoms with van der Waals surface area (Å²) in [5, 5.41) is 20.0. The first-order valence-electron chi connectivity index (χ1n) is 5.31. The monoisotopic (exact) mass is 285 g/mol. The normalized spacial score (nSPS) is 15.8. The number of nitro benzene ring substituents is 1. The Bertz CT molecular complexity index is 462. The molecule has 5 N–H and O–H groups in total. The van der Waals surface area contributed by atoms with Crippen LogP contribution in [0.1, 0.15) is 5.56 Å². The summed E-state index contributed by atoms with van der Waals surface area (Å²) in [6.45, 7) is 0.0931. The quantitative estimate of drug-likeness (QED) is 0.426. The van der Waals surface area contributed by atoms with Gasteiger partial charge in [-0.3, -0.25) is 14.9 Å². The van der Waals surface area contributed by atoms with Crippen LogP contribution in [0.3, 0.4) is 0 Å². The lowest BCUT2D eigenvalue weighted by Crippen LogP contribution is -2.28. The van der Waals surface area contributed by atoms with Crippen LogP contribution in [0.15, 0.2) is 24.3 Å². The van der Waals surface area contributed by atoms with Crippen molar-refractivity contribution in [3.63, 3.8) is 0 Å². The zero-order valence-electron chi connectivity index (χ0n) is 10.5. The number of non-ortho nitro benzene ring substituents is 1. The van der Waals surface area contributed by atoms with Crippen molar-refractivity contribution in [1.82, 2.24) is 11.5 Å². The molecule has 1 heterocycles. The number of ether oxygens (including phenoxy) is 1. The summed E-state index contributed by atoms with van der Waals surface area (Å²) in [6.07, 6.45) is 0.205. The van der Waals surface area contributed by atoms with Crippen LogP contribution in [0.4, 0.5) is 10.5 Å². The van der Waals surface area contributed by atoms with Gasteiger partial charge < -0.3 is 21.3 Å². The molecule has 0 aliphatic carbocycles. The molecule has 1 aliphatic heterocycles. The lowest BCUT2D eigenvalue weighted by Gasteiger charge is -2.06. The molecule has 110 valence electrons. The summed E-state index contributed by atoms with van der Waals surface area (Å²) < 4.78 is 4.74. The summed E-state index contributed by atoms with van der Waals surface area (Å²) in [6, 6.07) is 6.22. The second-order valence-corrected chi connectivity index (χ2v) is 3.67. The van der Waals surface area contributed by atoms with Gasteiger partial charge in [0.05, 0.1) is 11.0 Å². The zero-order chi connectivity index (χ0) is 14.3. The predicted molar refractivity (Wildman–Crippen MR) is 68.8 cm³/mol. The molecule has 0 unspecified atom stereocenters. The molecule has 1 aliphatic rings. The van der Waals surface area contributed by atoms with Gasteiger partial charge in [-0.25, -0.2) is 4.79 Å². The fourth-order valence-corrected chi connectivity index (χ4v) is 1.57. The van der Waals surface area contributed by atoms with Gasteiger partial charge in [0.1, 0.15) is 6.61 Å². The van der Waals surface area contributed by atoms with Crippen LogP contribution in [-0.4, -0.2) is 35.2 Å². The third-order valence-electron chi connectivity index (χ3n) is 2.37. The van der Waals surface area contributed by atoms with Gasteiger partial charge in [0.15, 0.2) is 0 Å².